The number of anilines is 1. The second-order valence-corrected chi connectivity index (χ2v) is 6.51. The number of sulfonamides is 1. The summed E-state index contributed by atoms with van der Waals surface area (Å²) in [6, 6.07) is 4.89. The van der Waals surface area contributed by atoms with Crippen molar-refractivity contribution in [1.82, 2.24) is 14.8 Å². The molecular formula is C11H10N4O2S2. The van der Waals surface area contributed by atoms with E-state index in [1.54, 1.807) is 40.7 Å². The molecule has 3 rings (SSSR count). The lowest BCUT2D eigenvalue weighted by Gasteiger charge is -2.05. The second kappa shape index (κ2) is 4.32. The SMILES string of the molecule is Cn1ncc2cc(S(=O)(=O)Nc3nccs3)ccc21. The molecule has 0 atom stereocenters. The molecule has 0 saturated heterocycles. The standard InChI is InChI=1S/C11H10N4O2S2/c1-15-10-3-2-9(6-8(10)7-13-15)19(16,17)14-11-12-4-5-18-11/h2-7H,1H3,(H,12,14). The second-order valence-electron chi connectivity index (χ2n) is 3.93. The van der Waals surface area contributed by atoms with Gasteiger partial charge in [0.15, 0.2) is 5.13 Å². The summed E-state index contributed by atoms with van der Waals surface area (Å²) in [5, 5.41) is 6.93. The normalized spacial score (nSPS) is 11.8. The lowest BCUT2D eigenvalue weighted by atomic mass is 10.3. The van der Waals surface area contributed by atoms with Gasteiger partial charge in [-0.25, -0.2) is 13.4 Å². The summed E-state index contributed by atoms with van der Waals surface area (Å²) in [5.74, 6) is 0. The molecule has 0 fully saturated rings. The lowest BCUT2D eigenvalue weighted by Crippen LogP contribution is -2.12. The number of thiazole rings is 1. The summed E-state index contributed by atoms with van der Waals surface area (Å²) in [5.41, 5.74) is 0.883. The van der Waals surface area contributed by atoms with E-state index >= 15 is 0 Å². The minimum absolute atomic E-state index is 0.197. The van der Waals surface area contributed by atoms with Gasteiger partial charge in [-0.05, 0) is 18.2 Å². The van der Waals surface area contributed by atoms with E-state index < -0.39 is 10.0 Å². The lowest BCUT2D eigenvalue weighted by molar-refractivity contribution is 0.601. The molecule has 0 saturated carbocycles. The number of aryl methyl sites for hydroxylation is 1. The molecule has 6 nitrogen and oxygen atoms in total. The van der Waals surface area contributed by atoms with Crippen molar-refractivity contribution in [2.75, 3.05) is 4.72 Å². The fourth-order valence-corrected chi connectivity index (χ4v) is 3.58. The van der Waals surface area contributed by atoms with E-state index in [9.17, 15) is 8.42 Å². The molecule has 0 spiro atoms. The molecular weight excluding hydrogens is 284 g/mol. The molecule has 1 N–H and O–H groups in total. The Morgan fingerprint density at radius 2 is 2.21 bits per heavy atom. The third-order valence-electron chi connectivity index (χ3n) is 2.68. The maximum Gasteiger partial charge on any atom is 0.263 e. The molecule has 0 radical (unpaired) electrons. The summed E-state index contributed by atoms with van der Waals surface area (Å²) in [6.45, 7) is 0. The van der Waals surface area contributed by atoms with Crippen molar-refractivity contribution in [3.63, 3.8) is 0 Å². The highest BCUT2D eigenvalue weighted by molar-refractivity contribution is 7.93. The molecule has 98 valence electrons. The van der Waals surface area contributed by atoms with Crippen molar-refractivity contribution in [2.24, 2.45) is 7.05 Å². The molecule has 0 amide bonds. The molecule has 1 aromatic carbocycles. The van der Waals surface area contributed by atoms with E-state index in [-0.39, 0.29) is 4.90 Å². The summed E-state index contributed by atoms with van der Waals surface area (Å²) in [6.07, 6.45) is 3.19. The molecule has 0 unspecified atom stereocenters. The van der Waals surface area contributed by atoms with Crippen LogP contribution in [0.1, 0.15) is 0 Å². The Balaban J connectivity index is 2.03. The van der Waals surface area contributed by atoms with Crippen LogP contribution in [-0.4, -0.2) is 23.2 Å². The first-order chi connectivity index (χ1) is 9.06. The molecule has 3 aromatic rings. The number of hydrogen-bond acceptors (Lipinski definition) is 5. The van der Waals surface area contributed by atoms with Gasteiger partial charge in [-0.1, -0.05) is 0 Å². The van der Waals surface area contributed by atoms with Gasteiger partial charge in [-0.3, -0.25) is 9.40 Å². The zero-order valence-corrected chi connectivity index (χ0v) is 11.6. The maximum absolute atomic E-state index is 12.2. The first-order valence-corrected chi connectivity index (χ1v) is 7.77. The number of fused-ring (bicyclic) bond motifs is 1. The summed E-state index contributed by atoms with van der Waals surface area (Å²) in [7, 11) is -1.79. The van der Waals surface area contributed by atoms with Crippen molar-refractivity contribution in [1.29, 1.82) is 0 Å². The van der Waals surface area contributed by atoms with E-state index in [0.29, 0.717) is 5.13 Å². The minimum Gasteiger partial charge on any atom is -0.268 e. The Bertz CT molecular complexity index is 822. The van der Waals surface area contributed by atoms with Gasteiger partial charge < -0.3 is 0 Å². The molecule has 2 heterocycles. The average Bonchev–Trinajstić information content (AvgIpc) is 2.99. The van der Waals surface area contributed by atoms with Gasteiger partial charge in [-0.15, -0.1) is 11.3 Å². The topological polar surface area (TPSA) is 76.9 Å². The summed E-state index contributed by atoms with van der Waals surface area (Å²) in [4.78, 5) is 4.10. The third kappa shape index (κ3) is 2.20. The Morgan fingerprint density at radius 3 is 2.95 bits per heavy atom. The fraction of sp³-hybridized carbons (Fsp3) is 0.0909. The predicted octanol–water partition coefficient (Wildman–Crippen LogP) is 1.83. The molecule has 0 aliphatic rings. The summed E-state index contributed by atoms with van der Waals surface area (Å²) < 4.78 is 28.5. The van der Waals surface area contributed by atoms with Crippen molar-refractivity contribution in [3.8, 4) is 0 Å². The van der Waals surface area contributed by atoms with Crippen LogP contribution in [0.2, 0.25) is 0 Å². The number of rotatable bonds is 3. The number of nitrogens with one attached hydrogen (secondary N) is 1. The van der Waals surface area contributed by atoms with E-state index in [1.807, 2.05) is 7.05 Å². The Hall–Kier alpha value is -1.93. The highest BCUT2D eigenvalue weighted by atomic mass is 32.2. The van der Waals surface area contributed by atoms with Crippen LogP contribution in [0.15, 0.2) is 40.9 Å². The van der Waals surface area contributed by atoms with Crippen molar-refractivity contribution >= 4 is 37.4 Å². The van der Waals surface area contributed by atoms with Crippen molar-refractivity contribution in [3.05, 3.63) is 36.0 Å². The Labute approximate surface area is 113 Å². The van der Waals surface area contributed by atoms with Crippen LogP contribution in [0.3, 0.4) is 0 Å². The average molecular weight is 294 g/mol. The number of nitrogens with zero attached hydrogens (tertiary/aromatic N) is 3. The van der Waals surface area contributed by atoms with Gasteiger partial charge in [0.2, 0.25) is 0 Å². The van der Waals surface area contributed by atoms with E-state index in [2.05, 4.69) is 14.8 Å². The largest absolute Gasteiger partial charge is 0.268 e. The van der Waals surface area contributed by atoms with Crippen molar-refractivity contribution in [2.45, 2.75) is 4.90 Å². The van der Waals surface area contributed by atoms with Gasteiger partial charge >= 0.3 is 0 Å². The van der Waals surface area contributed by atoms with Crippen LogP contribution >= 0.6 is 11.3 Å². The van der Waals surface area contributed by atoms with Gasteiger partial charge in [0.05, 0.1) is 16.6 Å². The smallest absolute Gasteiger partial charge is 0.263 e. The van der Waals surface area contributed by atoms with Gasteiger partial charge in [0.1, 0.15) is 0 Å². The Morgan fingerprint density at radius 1 is 1.37 bits per heavy atom. The van der Waals surface area contributed by atoms with E-state index in [0.717, 1.165) is 10.9 Å². The minimum atomic E-state index is -3.60. The van der Waals surface area contributed by atoms with Crippen LogP contribution in [0.5, 0.6) is 0 Å². The maximum atomic E-state index is 12.2. The zero-order chi connectivity index (χ0) is 13.5. The quantitative estimate of drug-likeness (QED) is 0.799. The highest BCUT2D eigenvalue weighted by Crippen LogP contribution is 2.21. The van der Waals surface area contributed by atoms with E-state index in [1.165, 1.54) is 11.3 Å². The number of hydrogen-bond donors (Lipinski definition) is 1. The monoisotopic (exact) mass is 294 g/mol. The predicted molar refractivity (Wildman–Crippen MR) is 73.6 cm³/mol. The zero-order valence-electron chi connectivity index (χ0n) is 9.94. The van der Waals surface area contributed by atoms with Gasteiger partial charge in [0.25, 0.3) is 10.0 Å². The molecule has 0 bridgehead atoms. The first-order valence-electron chi connectivity index (χ1n) is 5.40. The third-order valence-corrected chi connectivity index (χ3v) is 4.84. The van der Waals surface area contributed by atoms with Gasteiger partial charge in [-0.2, -0.15) is 5.10 Å². The Kier molecular flexibility index (Phi) is 2.76. The van der Waals surface area contributed by atoms with Crippen LogP contribution in [0, 0.1) is 0 Å². The molecule has 2 aromatic heterocycles. The highest BCUT2D eigenvalue weighted by Gasteiger charge is 2.16. The van der Waals surface area contributed by atoms with Gasteiger partial charge in [0, 0.05) is 24.0 Å². The van der Waals surface area contributed by atoms with Crippen LogP contribution in [0.25, 0.3) is 10.9 Å². The molecule has 0 aliphatic carbocycles. The molecule has 19 heavy (non-hydrogen) atoms. The van der Waals surface area contributed by atoms with Crippen LogP contribution in [0.4, 0.5) is 5.13 Å². The van der Waals surface area contributed by atoms with Crippen LogP contribution < -0.4 is 4.72 Å². The first kappa shape index (κ1) is 12.1. The van der Waals surface area contributed by atoms with Crippen LogP contribution in [-0.2, 0) is 17.1 Å². The fourth-order valence-electron chi connectivity index (χ4n) is 1.76. The molecule has 0 aliphatic heterocycles. The number of aromatic nitrogens is 3. The number of benzene rings is 1. The summed E-state index contributed by atoms with van der Waals surface area (Å²) >= 11 is 1.23. The van der Waals surface area contributed by atoms with Crippen molar-refractivity contribution < 1.29 is 8.42 Å². The molecule has 8 heteroatoms. The van der Waals surface area contributed by atoms with E-state index in [4.69, 9.17) is 0 Å².